The molecule has 3 nitrogen and oxygen atoms in total. The third-order valence-corrected chi connectivity index (χ3v) is 3.66. The zero-order valence-electron chi connectivity index (χ0n) is 11.2. The normalized spacial score (nSPS) is 13.4. The highest BCUT2D eigenvalue weighted by Crippen LogP contribution is 2.33. The molecule has 0 saturated heterocycles. The fourth-order valence-electron chi connectivity index (χ4n) is 2.62. The van der Waals surface area contributed by atoms with Crippen LogP contribution < -0.4 is 10.6 Å². The Kier molecular flexibility index (Phi) is 2.93. The van der Waals surface area contributed by atoms with Crippen LogP contribution in [0.25, 0.3) is 0 Å². The minimum atomic E-state index is -0.488. The van der Waals surface area contributed by atoms with Crippen LogP contribution >= 0.6 is 0 Å². The summed E-state index contributed by atoms with van der Waals surface area (Å²) in [7, 11) is 0. The number of anilines is 2. The first-order valence-corrected chi connectivity index (χ1v) is 6.53. The summed E-state index contributed by atoms with van der Waals surface area (Å²) in [6, 6.07) is 10.1. The van der Waals surface area contributed by atoms with Crippen molar-refractivity contribution in [3.63, 3.8) is 0 Å². The summed E-state index contributed by atoms with van der Waals surface area (Å²) in [5, 5.41) is 0. The maximum Gasteiger partial charge on any atom is 0.261 e. The van der Waals surface area contributed by atoms with Crippen LogP contribution in [0.3, 0.4) is 0 Å². The van der Waals surface area contributed by atoms with Crippen molar-refractivity contribution in [2.45, 2.75) is 13.3 Å². The van der Waals surface area contributed by atoms with Gasteiger partial charge in [-0.05, 0) is 37.6 Å². The van der Waals surface area contributed by atoms with Gasteiger partial charge in [0.25, 0.3) is 5.91 Å². The fourth-order valence-corrected chi connectivity index (χ4v) is 2.62. The van der Waals surface area contributed by atoms with Crippen LogP contribution in [0, 0.1) is 12.7 Å². The maximum atomic E-state index is 13.9. The number of rotatable bonds is 1. The van der Waals surface area contributed by atoms with Crippen molar-refractivity contribution in [3.05, 3.63) is 58.9 Å². The van der Waals surface area contributed by atoms with Crippen molar-refractivity contribution in [3.8, 4) is 0 Å². The summed E-state index contributed by atoms with van der Waals surface area (Å²) < 4.78 is 13.9. The molecule has 1 aliphatic rings. The maximum absolute atomic E-state index is 13.9. The number of nitrogens with two attached hydrogens (primary N) is 1. The van der Waals surface area contributed by atoms with E-state index in [0.717, 1.165) is 16.8 Å². The van der Waals surface area contributed by atoms with Crippen LogP contribution in [0.2, 0.25) is 0 Å². The van der Waals surface area contributed by atoms with Crippen LogP contribution in [0.4, 0.5) is 15.8 Å². The van der Waals surface area contributed by atoms with E-state index in [-0.39, 0.29) is 11.5 Å². The molecular formula is C16H15FN2O. The number of nitrogens with zero attached hydrogens (tertiary/aromatic N) is 1. The first kappa shape index (κ1) is 12.7. The topological polar surface area (TPSA) is 46.3 Å². The van der Waals surface area contributed by atoms with Crippen LogP contribution in [0.5, 0.6) is 0 Å². The Morgan fingerprint density at radius 3 is 2.90 bits per heavy atom. The number of halogens is 1. The molecule has 0 saturated carbocycles. The van der Waals surface area contributed by atoms with Gasteiger partial charge in [0.15, 0.2) is 0 Å². The molecule has 0 fully saturated rings. The fraction of sp³-hybridized carbons (Fsp3) is 0.188. The summed E-state index contributed by atoms with van der Waals surface area (Å²) in [5.41, 5.74) is 9.33. The Bertz CT molecular complexity index is 697. The van der Waals surface area contributed by atoms with Gasteiger partial charge in [-0.2, -0.15) is 0 Å². The Morgan fingerprint density at radius 2 is 2.10 bits per heavy atom. The molecule has 1 amide bonds. The number of aryl methyl sites for hydroxylation is 1. The predicted molar refractivity (Wildman–Crippen MR) is 77.4 cm³/mol. The van der Waals surface area contributed by atoms with Crippen molar-refractivity contribution in [2.24, 2.45) is 0 Å². The van der Waals surface area contributed by atoms with E-state index in [4.69, 9.17) is 5.73 Å². The van der Waals surface area contributed by atoms with Crippen LogP contribution in [0.15, 0.2) is 36.4 Å². The van der Waals surface area contributed by atoms with E-state index in [9.17, 15) is 9.18 Å². The zero-order valence-corrected chi connectivity index (χ0v) is 11.2. The van der Waals surface area contributed by atoms with E-state index in [1.807, 2.05) is 25.1 Å². The lowest BCUT2D eigenvalue weighted by Crippen LogP contribution is -2.29. The quantitative estimate of drug-likeness (QED) is 0.810. The molecule has 1 heterocycles. The number of amides is 1. The van der Waals surface area contributed by atoms with Crippen LogP contribution in [0.1, 0.15) is 21.5 Å². The van der Waals surface area contributed by atoms with E-state index >= 15 is 0 Å². The standard InChI is InChI=1S/C16H15FN2O/c1-10-5-6-13(17)12(9-10)16(20)19-8-7-11-14(18)3-2-4-15(11)19/h2-6,9H,7-8,18H2,1H3. The molecule has 20 heavy (non-hydrogen) atoms. The molecule has 0 unspecified atom stereocenters. The van der Waals surface area contributed by atoms with E-state index < -0.39 is 5.82 Å². The second-order valence-electron chi connectivity index (χ2n) is 5.04. The molecular weight excluding hydrogens is 255 g/mol. The van der Waals surface area contributed by atoms with Crippen molar-refractivity contribution < 1.29 is 9.18 Å². The van der Waals surface area contributed by atoms with E-state index in [1.54, 1.807) is 17.0 Å². The largest absolute Gasteiger partial charge is 0.398 e. The minimum absolute atomic E-state index is 0.111. The average Bonchev–Trinajstić information content (AvgIpc) is 2.86. The first-order chi connectivity index (χ1) is 9.58. The smallest absolute Gasteiger partial charge is 0.261 e. The molecule has 2 aromatic rings. The van der Waals surface area contributed by atoms with Gasteiger partial charge in [-0.3, -0.25) is 4.79 Å². The lowest BCUT2D eigenvalue weighted by atomic mass is 10.1. The highest BCUT2D eigenvalue weighted by atomic mass is 19.1. The average molecular weight is 270 g/mol. The molecule has 1 aliphatic heterocycles. The number of hydrogen-bond acceptors (Lipinski definition) is 2. The van der Waals surface area contributed by atoms with Gasteiger partial charge in [-0.25, -0.2) is 4.39 Å². The second kappa shape index (κ2) is 4.63. The molecule has 2 N–H and O–H groups in total. The van der Waals surface area contributed by atoms with Crippen molar-refractivity contribution in [1.29, 1.82) is 0 Å². The third-order valence-electron chi connectivity index (χ3n) is 3.66. The highest BCUT2D eigenvalue weighted by molar-refractivity contribution is 6.08. The molecule has 0 radical (unpaired) electrons. The summed E-state index contributed by atoms with van der Waals surface area (Å²) in [6.07, 6.45) is 0.710. The van der Waals surface area contributed by atoms with Crippen molar-refractivity contribution >= 4 is 17.3 Å². The highest BCUT2D eigenvalue weighted by Gasteiger charge is 2.28. The van der Waals surface area contributed by atoms with Gasteiger partial charge >= 0.3 is 0 Å². The lowest BCUT2D eigenvalue weighted by Gasteiger charge is -2.18. The lowest BCUT2D eigenvalue weighted by molar-refractivity contribution is 0.0985. The van der Waals surface area contributed by atoms with Crippen LogP contribution in [-0.2, 0) is 6.42 Å². The molecule has 0 aliphatic carbocycles. The minimum Gasteiger partial charge on any atom is -0.398 e. The summed E-state index contributed by atoms with van der Waals surface area (Å²) in [6.45, 7) is 2.38. The second-order valence-corrected chi connectivity index (χ2v) is 5.04. The van der Waals surface area contributed by atoms with E-state index in [1.165, 1.54) is 6.07 Å². The molecule has 102 valence electrons. The molecule has 0 spiro atoms. The molecule has 0 atom stereocenters. The van der Waals surface area contributed by atoms with Crippen molar-refractivity contribution in [2.75, 3.05) is 17.2 Å². The number of nitrogen functional groups attached to an aromatic ring is 1. The number of fused-ring (bicyclic) bond motifs is 1. The number of carbonyl (C=O) groups is 1. The first-order valence-electron chi connectivity index (χ1n) is 6.53. The van der Waals surface area contributed by atoms with Gasteiger partial charge in [0.2, 0.25) is 0 Å². The van der Waals surface area contributed by atoms with Gasteiger partial charge in [-0.1, -0.05) is 17.7 Å². The van der Waals surface area contributed by atoms with Crippen LogP contribution in [-0.4, -0.2) is 12.5 Å². The third kappa shape index (κ3) is 1.93. The Balaban J connectivity index is 2.02. The molecule has 0 bridgehead atoms. The van der Waals surface area contributed by atoms with Gasteiger partial charge in [0.1, 0.15) is 5.82 Å². The number of benzene rings is 2. The Hall–Kier alpha value is -2.36. The van der Waals surface area contributed by atoms with Gasteiger partial charge < -0.3 is 10.6 Å². The summed E-state index contributed by atoms with van der Waals surface area (Å²) in [4.78, 5) is 14.1. The zero-order chi connectivity index (χ0) is 14.3. The molecule has 0 aromatic heterocycles. The molecule has 2 aromatic carbocycles. The monoisotopic (exact) mass is 270 g/mol. The number of carbonyl (C=O) groups excluding carboxylic acids is 1. The SMILES string of the molecule is Cc1ccc(F)c(C(=O)N2CCc3c(N)cccc32)c1. The number of hydrogen-bond donors (Lipinski definition) is 1. The predicted octanol–water partition coefficient (Wildman–Crippen LogP) is 2.92. The molecule has 4 heteroatoms. The molecule has 3 rings (SSSR count). The summed E-state index contributed by atoms with van der Waals surface area (Å²) in [5.74, 6) is -0.798. The van der Waals surface area contributed by atoms with Crippen molar-refractivity contribution in [1.82, 2.24) is 0 Å². The van der Waals surface area contributed by atoms with Gasteiger partial charge in [0.05, 0.1) is 5.56 Å². The van der Waals surface area contributed by atoms with Gasteiger partial charge in [0, 0.05) is 23.5 Å². The van der Waals surface area contributed by atoms with E-state index in [2.05, 4.69) is 0 Å². The Labute approximate surface area is 116 Å². The Morgan fingerprint density at radius 1 is 1.30 bits per heavy atom. The van der Waals surface area contributed by atoms with E-state index in [0.29, 0.717) is 18.7 Å². The summed E-state index contributed by atoms with van der Waals surface area (Å²) >= 11 is 0. The van der Waals surface area contributed by atoms with Gasteiger partial charge in [-0.15, -0.1) is 0 Å².